The topological polar surface area (TPSA) is 41.1 Å². The first-order valence-corrected chi connectivity index (χ1v) is 7.16. The lowest BCUT2D eigenvalue weighted by molar-refractivity contribution is -0.121. The zero-order valence-electron chi connectivity index (χ0n) is 12.5. The van der Waals surface area contributed by atoms with E-state index in [0.29, 0.717) is 12.6 Å². The molecule has 19 heavy (non-hydrogen) atoms. The van der Waals surface area contributed by atoms with Gasteiger partial charge in [-0.15, -0.1) is 0 Å². The highest BCUT2D eigenvalue weighted by molar-refractivity contribution is 5.78. The Balaban J connectivity index is 2.39. The fraction of sp³-hybridized carbons (Fsp3) is 0.562. The third-order valence-electron chi connectivity index (χ3n) is 3.50. The first-order valence-electron chi connectivity index (χ1n) is 7.16. The maximum atomic E-state index is 11.8. The van der Waals surface area contributed by atoms with Crippen LogP contribution in [-0.4, -0.2) is 18.5 Å². The molecule has 0 saturated heterocycles. The van der Waals surface area contributed by atoms with Gasteiger partial charge in [0.25, 0.3) is 0 Å². The van der Waals surface area contributed by atoms with Crippen LogP contribution in [0.1, 0.15) is 50.8 Å². The summed E-state index contributed by atoms with van der Waals surface area (Å²) in [6, 6.07) is 8.88. The van der Waals surface area contributed by atoms with E-state index < -0.39 is 0 Å². The van der Waals surface area contributed by atoms with Crippen molar-refractivity contribution < 1.29 is 4.79 Å². The summed E-state index contributed by atoms with van der Waals surface area (Å²) >= 11 is 0. The van der Waals surface area contributed by atoms with E-state index in [1.807, 2.05) is 0 Å². The summed E-state index contributed by atoms with van der Waals surface area (Å²) in [6.45, 7) is 8.71. The zero-order valence-corrected chi connectivity index (χ0v) is 12.5. The highest BCUT2D eigenvalue weighted by Crippen LogP contribution is 2.12. The maximum Gasteiger partial charge on any atom is 0.234 e. The summed E-state index contributed by atoms with van der Waals surface area (Å²) in [4.78, 5) is 11.8. The smallest absolute Gasteiger partial charge is 0.234 e. The van der Waals surface area contributed by atoms with E-state index in [1.54, 1.807) is 0 Å². The lowest BCUT2D eigenvalue weighted by atomic mass is 10.1. The molecule has 0 heterocycles. The molecule has 0 bridgehead atoms. The lowest BCUT2D eigenvalue weighted by Gasteiger charge is -2.17. The van der Waals surface area contributed by atoms with E-state index >= 15 is 0 Å². The van der Waals surface area contributed by atoms with Crippen LogP contribution in [0.5, 0.6) is 0 Å². The number of hydrogen-bond acceptors (Lipinski definition) is 2. The van der Waals surface area contributed by atoms with Crippen molar-refractivity contribution in [3.05, 3.63) is 35.4 Å². The van der Waals surface area contributed by atoms with Crippen LogP contribution in [0.2, 0.25) is 0 Å². The molecular formula is C16H26N2O. The molecule has 0 unspecified atom stereocenters. The Hall–Kier alpha value is -1.35. The molecule has 1 amide bonds. The molecule has 3 nitrogen and oxygen atoms in total. The molecule has 0 aromatic heterocycles. The van der Waals surface area contributed by atoms with E-state index in [-0.39, 0.29) is 11.9 Å². The third-order valence-corrected chi connectivity index (χ3v) is 3.50. The molecule has 3 heteroatoms. The largest absolute Gasteiger partial charge is 0.352 e. The second-order valence-corrected chi connectivity index (χ2v) is 5.09. The number of benzene rings is 1. The Bertz CT molecular complexity index is 382. The monoisotopic (exact) mass is 262 g/mol. The highest BCUT2D eigenvalue weighted by atomic mass is 16.1. The zero-order chi connectivity index (χ0) is 14.3. The highest BCUT2D eigenvalue weighted by Gasteiger charge is 2.10. The van der Waals surface area contributed by atoms with Gasteiger partial charge in [0.05, 0.1) is 6.54 Å². The van der Waals surface area contributed by atoms with Crippen molar-refractivity contribution in [2.24, 2.45) is 0 Å². The average Bonchev–Trinajstić information content (AvgIpc) is 2.43. The van der Waals surface area contributed by atoms with Crippen LogP contribution in [0.15, 0.2) is 24.3 Å². The van der Waals surface area contributed by atoms with Gasteiger partial charge in [-0.1, -0.05) is 43.7 Å². The number of carbonyl (C=O) groups excluding carboxylic acids is 1. The minimum absolute atomic E-state index is 0.0765. The Morgan fingerprint density at radius 1 is 1.16 bits per heavy atom. The predicted molar refractivity (Wildman–Crippen MR) is 80.1 cm³/mol. The molecule has 2 N–H and O–H groups in total. The molecule has 0 aliphatic heterocycles. The van der Waals surface area contributed by atoms with E-state index in [1.165, 1.54) is 11.1 Å². The van der Waals surface area contributed by atoms with Gasteiger partial charge < -0.3 is 10.6 Å². The summed E-state index contributed by atoms with van der Waals surface area (Å²) < 4.78 is 0. The summed E-state index contributed by atoms with van der Waals surface area (Å²) in [6.07, 6.45) is 1.96. The van der Waals surface area contributed by atoms with Gasteiger partial charge in [-0.3, -0.25) is 4.79 Å². The van der Waals surface area contributed by atoms with E-state index in [4.69, 9.17) is 0 Å². The molecule has 0 spiro atoms. The van der Waals surface area contributed by atoms with Gasteiger partial charge in [0.15, 0.2) is 0 Å². The molecule has 1 rings (SSSR count). The van der Waals surface area contributed by atoms with Gasteiger partial charge in [0.1, 0.15) is 0 Å². The van der Waals surface area contributed by atoms with Crippen molar-refractivity contribution in [1.82, 2.24) is 10.6 Å². The second-order valence-electron chi connectivity index (χ2n) is 5.09. The fourth-order valence-corrected chi connectivity index (χ4v) is 1.99. The van der Waals surface area contributed by atoms with Crippen molar-refractivity contribution in [3.8, 4) is 0 Å². The number of aryl methyl sites for hydroxylation is 1. The first-order chi connectivity index (χ1) is 9.06. The second kappa shape index (κ2) is 7.95. The van der Waals surface area contributed by atoms with Crippen LogP contribution in [-0.2, 0) is 4.79 Å². The number of hydrogen-bond donors (Lipinski definition) is 2. The molecule has 0 radical (unpaired) electrons. The van der Waals surface area contributed by atoms with Crippen molar-refractivity contribution >= 4 is 5.91 Å². The lowest BCUT2D eigenvalue weighted by Crippen LogP contribution is -2.40. The van der Waals surface area contributed by atoms with Gasteiger partial charge >= 0.3 is 0 Å². The van der Waals surface area contributed by atoms with Gasteiger partial charge in [0.2, 0.25) is 5.91 Å². The number of carbonyl (C=O) groups is 1. The Labute approximate surface area is 116 Å². The molecule has 0 aliphatic carbocycles. The molecule has 1 atom stereocenters. The van der Waals surface area contributed by atoms with Gasteiger partial charge in [-0.05, 0) is 32.3 Å². The SMILES string of the molecule is CCC(CC)NC(=O)CN[C@H](C)c1ccc(C)cc1. The summed E-state index contributed by atoms with van der Waals surface area (Å²) in [5, 5.41) is 6.29. The van der Waals surface area contributed by atoms with Crippen LogP contribution < -0.4 is 10.6 Å². The van der Waals surface area contributed by atoms with Crippen molar-refractivity contribution in [3.63, 3.8) is 0 Å². The molecule has 0 aliphatic rings. The van der Waals surface area contributed by atoms with E-state index in [2.05, 4.69) is 62.6 Å². The van der Waals surface area contributed by atoms with Gasteiger partial charge in [-0.25, -0.2) is 0 Å². The molecular weight excluding hydrogens is 236 g/mol. The number of amides is 1. The first kappa shape index (κ1) is 15.7. The van der Waals surface area contributed by atoms with Crippen molar-refractivity contribution in [2.45, 2.75) is 52.6 Å². The van der Waals surface area contributed by atoms with E-state index in [9.17, 15) is 4.79 Å². The maximum absolute atomic E-state index is 11.8. The summed E-state index contributed by atoms with van der Waals surface area (Å²) in [5.74, 6) is 0.0765. The molecule has 1 aromatic carbocycles. The Morgan fingerprint density at radius 2 is 1.74 bits per heavy atom. The number of nitrogens with one attached hydrogen (secondary N) is 2. The molecule has 1 aromatic rings. The fourth-order valence-electron chi connectivity index (χ4n) is 1.99. The third kappa shape index (κ3) is 5.43. The Kier molecular flexibility index (Phi) is 6.57. The molecule has 0 fully saturated rings. The average molecular weight is 262 g/mol. The molecule has 106 valence electrons. The van der Waals surface area contributed by atoms with Gasteiger partial charge in [0, 0.05) is 12.1 Å². The predicted octanol–water partition coefficient (Wildman–Crippen LogP) is 2.95. The van der Waals surface area contributed by atoms with Crippen LogP contribution >= 0.6 is 0 Å². The van der Waals surface area contributed by atoms with Crippen LogP contribution in [0.25, 0.3) is 0 Å². The van der Waals surface area contributed by atoms with Crippen LogP contribution in [0, 0.1) is 6.92 Å². The summed E-state index contributed by atoms with van der Waals surface area (Å²) in [7, 11) is 0. The standard InChI is InChI=1S/C16H26N2O/c1-5-15(6-2)18-16(19)11-17-13(4)14-9-7-12(3)8-10-14/h7-10,13,15,17H,5-6,11H2,1-4H3,(H,18,19)/t13-/m1/s1. The van der Waals surface area contributed by atoms with E-state index in [0.717, 1.165) is 12.8 Å². The minimum atomic E-state index is 0.0765. The molecule has 0 saturated carbocycles. The quantitative estimate of drug-likeness (QED) is 0.793. The van der Waals surface area contributed by atoms with Crippen LogP contribution in [0.3, 0.4) is 0 Å². The normalized spacial score (nSPS) is 12.5. The minimum Gasteiger partial charge on any atom is -0.352 e. The van der Waals surface area contributed by atoms with Crippen LogP contribution in [0.4, 0.5) is 0 Å². The Morgan fingerprint density at radius 3 is 2.26 bits per heavy atom. The van der Waals surface area contributed by atoms with Crippen molar-refractivity contribution in [2.75, 3.05) is 6.54 Å². The van der Waals surface area contributed by atoms with Gasteiger partial charge in [-0.2, -0.15) is 0 Å². The van der Waals surface area contributed by atoms with Crippen molar-refractivity contribution in [1.29, 1.82) is 0 Å². The summed E-state index contributed by atoms with van der Waals surface area (Å²) in [5.41, 5.74) is 2.46. The number of rotatable bonds is 7.